The monoisotopic (exact) mass is 199 g/mol. The summed E-state index contributed by atoms with van der Waals surface area (Å²) in [5.41, 5.74) is 6.61. The number of nitrogens with two attached hydrogens (primary N) is 1. The van der Waals surface area contributed by atoms with Crippen LogP contribution in [-0.2, 0) is 11.3 Å². The van der Waals surface area contributed by atoms with Crippen LogP contribution in [0.25, 0.3) is 0 Å². The van der Waals surface area contributed by atoms with Gasteiger partial charge in [0.05, 0.1) is 13.2 Å². The van der Waals surface area contributed by atoms with E-state index >= 15 is 0 Å². The molecule has 2 N–H and O–H groups in total. The van der Waals surface area contributed by atoms with Gasteiger partial charge in [-0.3, -0.25) is 0 Å². The maximum Gasteiger partial charge on any atom is 0.0718 e. The minimum absolute atomic E-state index is 0.0826. The van der Waals surface area contributed by atoms with Crippen LogP contribution >= 0.6 is 11.6 Å². The average Bonchev–Trinajstić information content (AvgIpc) is 2.03. The number of rotatable bonds is 4. The van der Waals surface area contributed by atoms with Crippen molar-refractivity contribution in [1.82, 2.24) is 0 Å². The van der Waals surface area contributed by atoms with E-state index in [2.05, 4.69) is 0 Å². The van der Waals surface area contributed by atoms with Crippen LogP contribution in [-0.4, -0.2) is 12.6 Å². The molecule has 0 saturated heterocycles. The van der Waals surface area contributed by atoms with Gasteiger partial charge in [-0.2, -0.15) is 0 Å². The summed E-state index contributed by atoms with van der Waals surface area (Å²) in [6, 6.07) is 7.71. The predicted octanol–water partition coefficient (Wildman–Crippen LogP) is 2.20. The Morgan fingerprint density at radius 2 is 2.31 bits per heavy atom. The predicted molar refractivity (Wildman–Crippen MR) is 54.8 cm³/mol. The average molecular weight is 200 g/mol. The van der Waals surface area contributed by atoms with E-state index in [1.165, 1.54) is 0 Å². The molecule has 0 aliphatic carbocycles. The van der Waals surface area contributed by atoms with E-state index in [4.69, 9.17) is 22.1 Å². The third-order valence-corrected chi connectivity index (χ3v) is 1.77. The van der Waals surface area contributed by atoms with Gasteiger partial charge in [-0.25, -0.2) is 0 Å². The molecule has 0 aliphatic rings. The van der Waals surface area contributed by atoms with Crippen LogP contribution in [0.15, 0.2) is 24.3 Å². The van der Waals surface area contributed by atoms with Gasteiger partial charge in [-0.15, -0.1) is 0 Å². The van der Waals surface area contributed by atoms with Crippen molar-refractivity contribution < 1.29 is 4.74 Å². The molecule has 2 nitrogen and oxygen atoms in total. The minimum atomic E-state index is 0.0826. The quantitative estimate of drug-likeness (QED) is 0.807. The Hall–Kier alpha value is -0.570. The highest BCUT2D eigenvalue weighted by molar-refractivity contribution is 6.30. The summed E-state index contributed by atoms with van der Waals surface area (Å²) in [5, 5.41) is 0.738. The van der Waals surface area contributed by atoms with Crippen molar-refractivity contribution in [3.63, 3.8) is 0 Å². The molecule has 1 atom stereocenters. The minimum Gasteiger partial charge on any atom is -0.375 e. The first-order valence-corrected chi connectivity index (χ1v) is 4.64. The zero-order valence-electron chi connectivity index (χ0n) is 7.66. The first-order chi connectivity index (χ1) is 6.18. The molecule has 13 heavy (non-hydrogen) atoms. The van der Waals surface area contributed by atoms with Crippen molar-refractivity contribution in [1.29, 1.82) is 0 Å². The molecule has 0 fully saturated rings. The lowest BCUT2D eigenvalue weighted by molar-refractivity contribution is 0.111. The third-order valence-electron chi connectivity index (χ3n) is 1.54. The molecule has 0 bridgehead atoms. The van der Waals surface area contributed by atoms with E-state index in [9.17, 15) is 0 Å². The van der Waals surface area contributed by atoms with Crippen LogP contribution in [0.4, 0.5) is 0 Å². The van der Waals surface area contributed by atoms with Gasteiger partial charge in [0.2, 0.25) is 0 Å². The Morgan fingerprint density at radius 1 is 1.54 bits per heavy atom. The van der Waals surface area contributed by atoms with E-state index in [0.717, 1.165) is 10.6 Å². The fourth-order valence-corrected chi connectivity index (χ4v) is 1.20. The molecule has 1 aromatic rings. The van der Waals surface area contributed by atoms with Crippen LogP contribution in [0.1, 0.15) is 12.5 Å². The molecule has 1 aromatic carbocycles. The maximum absolute atomic E-state index is 5.81. The number of hydrogen-bond donors (Lipinski definition) is 1. The zero-order valence-corrected chi connectivity index (χ0v) is 8.42. The SMILES string of the molecule is CC(N)COCc1cccc(Cl)c1. The Kier molecular flexibility index (Phi) is 4.22. The molecule has 72 valence electrons. The van der Waals surface area contributed by atoms with E-state index in [1.54, 1.807) is 0 Å². The smallest absolute Gasteiger partial charge is 0.0718 e. The first-order valence-electron chi connectivity index (χ1n) is 4.26. The van der Waals surface area contributed by atoms with E-state index in [-0.39, 0.29) is 6.04 Å². The van der Waals surface area contributed by atoms with Crippen LogP contribution < -0.4 is 5.73 Å². The Bertz CT molecular complexity index is 263. The van der Waals surface area contributed by atoms with Gasteiger partial charge < -0.3 is 10.5 Å². The lowest BCUT2D eigenvalue weighted by Crippen LogP contribution is -2.21. The number of hydrogen-bond acceptors (Lipinski definition) is 2. The molecule has 1 rings (SSSR count). The summed E-state index contributed by atoms with van der Waals surface area (Å²) in [7, 11) is 0. The van der Waals surface area contributed by atoms with Gasteiger partial charge in [0, 0.05) is 11.1 Å². The molecule has 0 spiro atoms. The highest BCUT2D eigenvalue weighted by Crippen LogP contribution is 2.11. The van der Waals surface area contributed by atoms with Crippen molar-refractivity contribution in [2.45, 2.75) is 19.6 Å². The summed E-state index contributed by atoms with van der Waals surface area (Å²) in [6.45, 7) is 3.06. The molecule has 0 radical (unpaired) electrons. The molecular formula is C10H14ClNO. The molecule has 0 amide bonds. The van der Waals surface area contributed by atoms with Gasteiger partial charge in [0.1, 0.15) is 0 Å². The molecule has 0 heterocycles. The van der Waals surface area contributed by atoms with Gasteiger partial charge in [0.15, 0.2) is 0 Å². The van der Waals surface area contributed by atoms with Gasteiger partial charge in [-0.1, -0.05) is 23.7 Å². The third kappa shape index (κ3) is 4.27. The van der Waals surface area contributed by atoms with Crippen molar-refractivity contribution in [2.75, 3.05) is 6.61 Å². The Morgan fingerprint density at radius 3 is 2.92 bits per heavy atom. The molecule has 1 unspecified atom stereocenters. The summed E-state index contributed by atoms with van der Waals surface area (Å²) < 4.78 is 5.35. The van der Waals surface area contributed by atoms with Crippen LogP contribution in [0.3, 0.4) is 0 Å². The molecule has 0 saturated carbocycles. The number of ether oxygens (including phenoxy) is 1. The van der Waals surface area contributed by atoms with Crippen molar-refractivity contribution in [3.05, 3.63) is 34.9 Å². The van der Waals surface area contributed by atoms with Crippen molar-refractivity contribution >= 4 is 11.6 Å². The first kappa shape index (κ1) is 10.5. The standard InChI is InChI=1S/C10H14ClNO/c1-8(12)6-13-7-9-3-2-4-10(11)5-9/h2-5,8H,6-7,12H2,1H3. The summed E-state index contributed by atoms with van der Waals surface area (Å²) in [4.78, 5) is 0. The van der Waals surface area contributed by atoms with Gasteiger partial charge >= 0.3 is 0 Å². The summed E-state index contributed by atoms with van der Waals surface area (Å²) >= 11 is 5.81. The van der Waals surface area contributed by atoms with Crippen LogP contribution in [0, 0.1) is 0 Å². The van der Waals surface area contributed by atoms with Crippen LogP contribution in [0.2, 0.25) is 5.02 Å². The lowest BCUT2D eigenvalue weighted by Gasteiger charge is -2.06. The Labute approximate surface area is 83.6 Å². The van der Waals surface area contributed by atoms with Crippen LogP contribution in [0.5, 0.6) is 0 Å². The second-order valence-electron chi connectivity index (χ2n) is 3.12. The summed E-state index contributed by atoms with van der Waals surface area (Å²) in [5.74, 6) is 0. The van der Waals surface area contributed by atoms with Gasteiger partial charge in [0.25, 0.3) is 0 Å². The number of benzene rings is 1. The molecular weight excluding hydrogens is 186 g/mol. The lowest BCUT2D eigenvalue weighted by atomic mass is 10.2. The summed E-state index contributed by atoms with van der Waals surface area (Å²) in [6.07, 6.45) is 0. The van der Waals surface area contributed by atoms with Gasteiger partial charge in [-0.05, 0) is 24.6 Å². The zero-order chi connectivity index (χ0) is 9.68. The normalized spacial score (nSPS) is 12.8. The maximum atomic E-state index is 5.81. The van der Waals surface area contributed by atoms with E-state index in [1.807, 2.05) is 31.2 Å². The highest BCUT2D eigenvalue weighted by atomic mass is 35.5. The molecule has 0 aromatic heterocycles. The molecule has 3 heteroatoms. The largest absolute Gasteiger partial charge is 0.375 e. The Balaban J connectivity index is 2.37. The van der Waals surface area contributed by atoms with E-state index in [0.29, 0.717) is 13.2 Å². The fourth-order valence-electron chi connectivity index (χ4n) is 0.989. The fraction of sp³-hybridized carbons (Fsp3) is 0.400. The molecule has 0 aliphatic heterocycles. The second-order valence-corrected chi connectivity index (χ2v) is 3.56. The van der Waals surface area contributed by atoms with E-state index < -0.39 is 0 Å². The van der Waals surface area contributed by atoms with Crippen molar-refractivity contribution in [3.8, 4) is 0 Å². The second kappa shape index (κ2) is 5.22. The highest BCUT2D eigenvalue weighted by Gasteiger charge is 1.96. The van der Waals surface area contributed by atoms with Crippen molar-refractivity contribution in [2.24, 2.45) is 5.73 Å². The number of halogens is 1. The topological polar surface area (TPSA) is 35.2 Å².